The van der Waals surface area contributed by atoms with Crippen molar-refractivity contribution in [3.63, 3.8) is 0 Å². The Morgan fingerprint density at radius 3 is 2.89 bits per heavy atom. The van der Waals surface area contributed by atoms with Crippen molar-refractivity contribution < 1.29 is 4.42 Å². The highest BCUT2D eigenvalue weighted by atomic mass is 32.1. The van der Waals surface area contributed by atoms with E-state index in [1.165, 1.54) is 16.5 Å². The molecule has 2 aromatic heterocycles. The third-order valence-electron chi connectivity index (χ3n) is 3.11. The van der Waals surface area contributed by atoms with Crippen molar-refractivity contribution in [1.82, 2.24) is 5.32 Å². The molecule has 92 valence electrons. The minimum Gasteiger partial charge on any atom is -0.461 e. The molecule has 3 rings (SSSR count). The van der Waals surface area contributed by atoms with Gasteiger partial charge in [0, 0.05) is 24.0 Å². The van der Waals surface area contributed by atoms with E-state index < -0.39 is 0 Å². The van der Waals surface area contributed by atoms with Gasteiger partial charge < -0.3 is 9.73 Å². The first-order valence-electron chi connectivity index (χ1n) is 6.03. The number of hydrogen-bond donors (Lipinski definition) is 1. The number of aryl methyl sites for hydroxylation is 1. The van der Waals surface area contributed by atoms with Crippen LogP contribution in [0.25, 0.3) is 11.0 Å². The number of thiophene rings is 1. The summed E-state index contributed by atoms with van der Waals surface area (Å²) in [6, 6.07) is 10.4. The second kappa shape index (κ2) is 4.96. The average molecular weight is 257 g/mol. The van der Waals surface area contributed by atoms with Crippen LogP contribution in [0.3, 0.4) is 0 Å². The molecule has 2 heterocycles. The lowest BCUT2D eigenvalue weighted by molar-refractivity contribution is 0.565. The zero-order valence-corrected chi connectivity index (χ0v) is 11.1. The standard InChI is InChI=1S/C15H15NOS/c1-11-14(9-16-8-12-6-7-18-10-12)13-4-2-3-5-15(13)17-11/h2-7,10,16H,8-9H2,1H3. The van der Waals surface area contributed by atoms with Gasteiger partial charge in [-0.25, -0.2) is 0 Å². The first-order valence-corrected chi connectivity index (χ1v) is 6.97. The molecule has 1 N–H and O–H groups in total. The molecule has 0 amide bonds. The Labute approximate surface area is 110 Å². The summed E-state index contributed by atoms with van der Waals surface area (Å²) in [7, 11) is 0. The fourth-order valence-corrected chi connectivity index (χ4v) is 2.83. The number of rotatable bonds is 4. The molecule has 0 saturated heterocycles. The molecule has 18 heavy (non-hydrogen) atoms. The molecule has 0 radical (unpaired) electrons. The van der Waals surface area contributed by atoms with Gasteiger partial charge >= 0.3 is 0 Å². The van der Waals surface area contributed by atoms with Gasteiger partial charge in [-0.15, -0.1) is 0 Å². The molecule has 0 aliphatic carbocycles. The summed E-state index contributed by atoms with van der Waals surface area (Å²) < 4.78 is 5.75. The molecule has 0 saturated carbocycles. The Morgan fingerprint density at radius 2 is 2.06 bits per heavy atom. The van der Waals surface area contributed by atoms with Crippen LogP contribution in [0.4, 0.5) is 0 Å². The molecule has 0 unspecified atom stereocenters. The van der Waals surface area contributed by atoms with Gasteiger partial charge in [0.1, 0.15) is 11.3 Å². The van der Waals surface area contributed by atoms with E-state index in [0.717, 1.165) is 24.4 Å². The largest absolute Gasteiger partial charge is 0.461 e. The minimum atomic E-state index is 0.846. The van der Waals surface area contributed by atoms with E-state index in [9.17, 15) is 0 Å². The zero-order chi connectivity index (χ0) is 12.4. The zero-order valence-electron chi connectivity index (χ0n) is 10.3. The van der Waals surface area contributed by atoms with E-state index in [-0.39, 0.29) is 0 Å². The molecule has 3 aromatic rings. The summed E-state index contributed by atoms with van der Waals surface area (Å²) in [6.45, 7) is 3.78. The lowest BCUT2D eigenvalue weighted by Crippen LogP contribution is -2.12. The Balaban J connectivity index is 1.76. The van der Waals surface area contributed by atoms with Gasteiger partial charge in [0.2, 0.25) is 0 Å². The highest BCUT2D eigenvalue weighted by Crippen LogP contribution is 2.25. The van der Waals surface area contributed by atoms with Crippen LogP contribution in [0.5, 0.6) is 0 Å². The van der Waals surface area contributed by atoms with Crippen LogP contribution < -0.4 is 5.32 Å². The summed E-state index contributed by atoms with van der Waals surface area (Å²) in [6.07, 6.45) is 0. The van der Waals surface area contributed by atoms with Gasteiger partial charge in [-0.05, 0) is 35.4 Å². The number of furan rings is 1. The van der Waals surface area contributed by atoms with Crippen LogP contribution >= 0.6 is 11.3 Å². The first kappa shape index (κ1) is 11.5. The maximum Gasteiger partial charge on any atom is 0.134 e. The Morgan fingerprint density at radius 1 is 1.17 bits per heavy atom. The number of nitrogens with one attached hydrogen (secondary N) is 1. The van der Waals surface area contributed by atoms with E-state index in [0.29, 0.717) is 0 Å². The first-order chi connectivity index (χ1) is 8.84. The predicted molar refractivity (Wildman–Crippen MR) is 75.8 cm³/mol. The molecule has 0 fully saturated rings. The van der Waals surface area contributed by atoms with Crippen LogP contribution in [-0.4, -0.2) is 0 Å². The van der Waals surface area contributed by atoms with Crippen molar-refractivity contribution in [2.45, 2.75) is 20.0 Å². The maximum atomic E-state index is 5.75. The van der Waals surface area contributed by atoms with Gasteiger partial charge in [0.15, 0.2) is 0 Å². The van der Waals surface area contributed by atoms with E-state index in [1.54, 1.807) is 11.3 Å². The Kier molecular flexibility index (Phi) is 3.17. The van der Waals surface area contributed by atoms with Crippen LogP contribution in [-0.2, 0) is 13.1 Å². The summed E-state index contributed by atoms with van der Waals surface area (Å²) >= 11 is 1.73. The summed E-state index contributed by atoms with van der Waals surface area (Å²) in [5.41, 5.74) is 3.58. The number of para-hydroxylation sites is 1. The van der Waals surface area contributed by atoms with E-state index in [2.05, 4.69) is 34.3 Å². The van der Waals surface area contributed by atoms with Crippen molar-refractivity contribution in [3.05, 3.63) is 58.0 Å². The number of hydrogen-bond acceptors (Lipinski definition) is 3. The van der Waals surface area contributed by atoms with Crippen molar-refractivity contribution >= 4 is 22.3 Å². The predicted octanol–water partition coefficient (Wildman–Crippen LogP) is 4.09. The van der Waals surface area contributed by atoms with Crippen molar-refractivity contribution in [2.75, 3.05) is 0 Å². The smallest absolute Gasteiger partial charge is 0.134 e. The van der Waals surface area contributed by atoms with Crippen molar-refractivity contribution in [1.29, 1.82) is 0 Å². The Bertz CT molecular complexity index is 640. The minimum absolute atomic E-state index is 0.846. The number of benzene rings is 1. The fraction of sp³-hybridized carbons (Fsp3) is 0.200. The van der Waals surface area contributed by atoms with Gasteiger partial charge in [0.05, 0.1) is 0 Å². The topological polar surface area (TPSA) is 25.2 Å². The molecular weight excluding hydrogens is 242 g/mol. The highest BCUT2D eigenvalue weighted by Gasteiger charge is 2.09. The second-order valence-electron chi connectivity index (χ2n) is 4.37. The summed E-state index contributed by atoms with van der Waals surface area (Å²) in [5, 5.41) is 8.97. The van der Waals surface area contributed by atoms with E-state index in [1.807, 2.05) is 19.1 Å². The lowest BCUT2D eigenvalue weighted by Gasteiger charge is -2.02. The van der Waals surface area contributed by atoms with Crippen molar-refractivity contribution in [2.24, 2.45) is 0 Å². The number of fused-ring (bicyclic) bond motifs is 1. The van der Waals surface area contributed by atoms with Crippen LogP contribution in [0, 0.1) is 6.92 Å². The van der Waals surface area contributed by atoms with Gasteiger partial charge in [-0.2, -0.15) is 11.3 Å². The van der Waals surface area contributed by atoms with Crippen molar-refractivity contribution in [3.8, 4) is 0 Å². The van der Waals surface area contributed by atoms with Crippen LogP contribution in [0.1, 0.15) is 16.9 Å². The molecule has 1 aromatic carbocycles. The Hall–Kier alpha value is -1.58. The quantitative estimate of drug-likeness (QED) is 0.761. The maximum absolute atomic E-state index is 5.75. The second-order valence-corrected chi connectivity index (χ2v) is 5.15. The molecule has 0 bridgehead atoms. The molecule has 3 heteroatoms. The average Bonchev–Trinajstić information content (AvgIpc) is 2.98. The SMILES string of the molecule is Cc1oc2ccccc2c1CNCc1ccsc1. The molecule has 2 nitrogen and oxygen atoms in total. The summed E-state index contributed by atoms with van der Waals surface area (Å²) in [5.74, 6) is 1.01. The summed E-state index contributed by atoms with van der Waals surface area (Å²) in [4.78, 5) is 0. The highest BCUT2D eigenvalue weighted by molar-refractivity contribution is 7.07. The van der Waals surface area contributed by atoms with E-state index >= 15 is 0 Å². The molecule has 0 aliphatic heterocycles. The molecular formula is C15H15NOS. The lowest BCUT2D eigenvalue weighted by atomic mass is 10.1. The third kappa shape index (κ3) is 2.19. The molecule has 0 aliphatic rings. The monoisotopic (exact) mass is 257 g/mol. The van der Waals surface area contributed by atoms with Gasteiger partial charge in [-0.1, -0.05) is 18.2 Å². The van der Waals surface area contributed by atoms with Crippen LogP contribution in [0.15, 0.2) is 45.5 Å². The van der Waals surface area contributed by atoms with E-state index in [4.69, 9.17) is 4.42 Å². The molecule has 0 atom stereocenters. The normalized spacial score (nSPS) is 11.2. The van der Waals surface area contributed by atoms with Crippen LogP contribution in [0.2, 0.25) is 0 Å². The fourth-order valence-electron chi connectivity index (χ4n) is 2.17. The molecule has 0 spiro atoms. The van der Waals surface area contributed by atoms with Gasteiger partial charge in [-0.3, -0.25) is 0 Å². The third-order valence-corrected chi connectivity index (χ3v) is 3.84. The van der Waals surface area contributed by atoms with Gasteiger partial charge in [0.25, 0.3) is 0 Å².